The van der Waals surface area contributed by atoms with Gasteiger partial charge in [-0.3, -0.25) is 9.59 Å². The second-order valence-electron chi connectivity index (χ2n) is 5.36. The van der Waals surface area contributed by atoms with Crippen LogP contribution in [0.15, 0.2) is 53.2 Å². The average molecular weight is 366 g/mol. The summed E-state index contributed by atoms with van der Waals surface area (Å²) in [6.45, 7) is -0.0673. The smallest absolute Gasteiger partial charge is 0.416 e. The van der Waals surface area contributed by atoms with E-state index in [0.717, 1.165) is 12.1 Å². The molecule has 0 saturated heterocycles. The fraction of sp³-hybridized carbons (Fsp3) is 0.222. The van der Waals surface area contributed by atoms with E-state index >= 15 is 0 Å². The van der Waals surface area contributed by atoms with Gasteiger partial charge >= 0.3 is 6.18 Å². The number of alkyl halides is 3. The number of carbonyl (C=O) groups excluding carboxylic acids is 2. The molecule has 0 fully saturated rings. The van der Waals surface area contributed by atoms with Gasteiger partial charge in [-0.25, -0.2) is 0 Å². The third kappa shape index (κ3) is 6.46. The van der Waals surface area contributed by atoms with Crippen LogP contribution in [0.3, 0.4) is 0 Å². The largest absolute Gasteiger partial charge is 0.465 e. The van der Waals surface area contributed by atoms with Crippen LogP contribution >= 0.6 is 0 Å². The number of halogens is 3. The average Bonchev–Trinajstić information content (AvgIpc) is 3.11. The van der Waals surface area contributed by atoms with Crippen molar-refractivity contribution in [3.05, 3.63) is 65.6 Å². The van der Waals surface area contributed by atoms with Gasteiger partial charge in [0.05, 0.1) is 18.4 Å². The molecule has 0 unspecified atom stereocenters. The highest BCUT2D eigenvalue weighted by atomic mass is 19.4. The Kier molecular flexibility index (Phi) is 6.60. The molecule has 2 aromatic rings. The first-order valence-electron chi connectivity index (χ1n) is 7.77. The van der Waals surface area contributed by atoms with Crippen molar-refractivity contribution in [2.45, 2.75) is 12.6 Å². The molecule has 1 heterocycles. The van der Waals surface area contributed by atoms with Crippen LogP contribution < -0.4 is 10.6 Å². The Hall–Kier alpha value is -3.03. The van der Waals surface area contributed by atoms with Gasteiger partial charge in [0.25, 0.3) is 0 Å². The molecule has 0 saturated carbocycles. The Bertz CT molecular complexity index is 768. The topological polar surface area (TPSA) is 71.3 Å². The SMILES string of the molecule is O=C(/C=C\c1ccco1)NCC(=O)NCCc1cccc(C(F)(F)F)c1. The van der Waals surface area contributed by atoms with Crippen LogP contribution in [0.5, 0.6) is 0 Å². The van der Waals surface area contributed by atoms with Gasteiger partial charge in [-0.2, -0.15) is 13.2 Å². The van der Waals surface area contributed by atoms with E-state index in [9.17, 15) is 22.8 Å². The molecular formula is C18H17F3N2O3. The van der Waals surface area contributed by atoms with Gasteiger partial charge < -0.3 is 15.1 Å². The molecule has 2 N–H and O–H groups in total. The molecule has 138 valence electrons. The van der Waals surface area contributed by atoms with Crippen molar-refractivity contribution >= 4 is 17.9 Å². The van der Waals surface area contributed by atoms with Crippen LogP contribution in [-0.2, 0) is 22.2 Å². The first-order valence-corrected chi connectivity index (χ1v) is 7.77. The number of hydrogen-bond acceptors (Lipinski definition) is 3. The van der Waals surface area contributed by atoms with Crippen molar-refractivity contribution in [3.63, 3.8) is 0 Å². The third-order valence-electron chi connectivity index (χ3n) is 3.36. The van der Waals surface area contributed by atoms with Crippen LogP contribution in [0.2, 0.25) is 0 Å². The third-order valence-corrected chi connectivity index (χ3v) is 3.36. The Balaban J connectivity index is 1.70. The van der Waals surface area contributed by atoms with Gasteiger partial charge in [-0.05, 0) is 36.3 Å². The summed E-state index contributed by atoms with van der Waals surface area (Å²) in [7, 11) is 0. The van der Waals surface area contributed by atoms with Gasteiger partial charge in [0.15, 0.2) is 0 Å². The minimum atomic E-state index is -4.40. The lowest BCUT2D eigenvalue weighted by Crippen LogP contribution is -2.37. The summed E-state index contributed by atoms with van der Waals surface area (Å²) in [5.41, 5.74) is -0.262. The lowest BCUT2D eigenvalue weighted by atomic mass is 10.1. The minimum Gasteiger partial charge on any atom is -0.465 e. The summed E-state index contributed by atoms with van der Waals surface area (Å²) < 4.78 is 42.9. The van der Waals surface area contributed by atoms with E-state index in [2.05, 4.69) is 10.6 Å². The number of rotatable bonds is 7. The summed E-state index contributed by atoms with van der Waals surface area (Å²) in [6, 6.07) is 8.27. The summed E-state index contributed by atoms with van der Waals surface area (Å²) in [4.78, 5) is 23.2. The van der Waals surface area contributed by atoms with Gasteiger partial charge in [0.2, 0.25) is 11.8 Å². The molecule has 0 bridgehead atoms. The standard InChI is InChI=1S/C18H17F3N2O3/c19-18(20,21)14-4-1-3-13(11-14)8-9-22-17(25)12-23-16(24)7-6-15-5-2-10-26-15/h1-7,10-11H,8-9,12H2,(H,22,25)(H,23,24)/b7-6-. The zero-order valence-electron chi connectivity index (χ0n) is 13.7. The van der Waals surface area contributed by atoms with Crippen LogP contribution in [0, 0.1) is 0 Å². The highest BCUT2D eigenvalue weighted by Gasteiger charge is 2.30. The van der Waals surface area contributed by atoms with Crippen molar-refractivity contribution in [3.8, 4) is 0 Å². The molecule has 0 aliphatic heterocycles. The number of amides is 2. The molecule has 2 amide bonds. The fourth-order valence-electron chi connectivity index (χ4n) is 2.08. The second kappa shape index (κ2) is 8.89. The summed E-state index contributed by atoms with van der Waals surface area (Å²) >= 11 is 0. The number of benzene rings is 1. The lowest BCUT2D eigenvalue weighted by Gasteiger charge is -2.09. The first-order chi connectivity index (χ1) is 12.3. The van der Waals surface area contributed by atoms with Gasteiger partial charge in [0.1, 0.15) is 5.76 Å². The van der Waals surface area contributed by atoms with Crippen molar-refractivity contribution in [1.82, 2.24) is 10.6 Å². The van der Waals surface area contributed by atoms with Crippen molar-refractivity contribution < 1.29 is 27.2 Å². The first kappa shape index (κ1) is 19.3. The van der Waals surface area contributed by atoms with E-state index in [4.69, 9.17) is 4.42 Å². The van der Waals surface area contributed by atoms with E-state index in [1.54, 1.807) is 18.2 Å². The van der Waals surface area contributed by atoms with Crippen LogP contribution in [0.1, 0.15) is 16.9 Å². The zero-order valence-corrected chi connectivity index (χ0v) is 13.7. The summed E-state index contributed by atoms with van der Waals surface area (Å²) in [5.74, 6) is -0.392. The quantitative estimate of drug-likeness (QED) is 0.741. The Morgan fingerprint density at radius 1 is 1.12 bits per heavy atom. The van der Waals surface area contributed by atoms with Crippen molar-refractivity contribution in [2.24, 2.45) is 0 Å². The van der Waals surface area contributed by atoms with E-state index in [-0.39, 0.29) is 19.5 Å². The van der Waals surface area contributed by atoms with Crippen LogP contribution in [0.25, 0.3) is 6.08 Å². The number of furan rings is 1. The molecule has 2 rings (SSSR count). The second-order valence-corrected chi connectivity index (χ2v) is 5.36. The Morgan fingerprint density at radius 2 is 1.92 bits per heavy atom. The number of carbonyl (C=O) groups is 2. The Morgan fingerprint density at radius 3 is 2.62 bits per heavy atom. The molecule has 1 aromatic carbocycles. The van der Waals surface area contributed by atoms with Crippen molar-refractivity contribution in [2.75, 3.05) is 13.1 Å². The summed E-state index contributed by atoms with van der Waals surface area (Å²) in [5, 5.41) is 4.93. The lowest BCUT2D eigenvalue weighted by molar-refractivity contribution is -0.137. The molecule has 1 aromatic heterocycles. The van der Waals surface area contributed by atoms with Crippen LogP contribution in [0.4, 0.5) is 13.2 Å². The minimum absolute atomic E-state index is 0.165. The van der Waals surface area contributed by atoms with E-state index in [1.165, 1.54) is 24.5 Å². The van der Waals surface area contributed by atoms with E-state index in [1.807, 2.05) is 0 Å². The Labute approximate surface area is 147 Å². The number of nitrogens with one attached hydrogen (secondary N) is 2. The van der Waals surface area contributed by atoms with E-state index < -0.39 is 23.6 Å². The maximum absolute atomic E-state index is 12.6. The highest BCUT2D eigenvalue weighted by molar-refractivity contribution is 5.94. The maximum Gasteiger partial charge on any atom is 0.416 e. The molecule has 8 heteroatoms. The molecule has 0 spiro atoms. The van der Waals surface area contributed by atoms with Crippen molar-refractivity contribution in [1.29, 1.82) is 0 Å². The van der Waals surface area contributed by atoms with Gasteiger partial charge in [0, 0.05) is 12.6 Å². The maximum atomic E-state index is 12.6. The molecule has 0 aliphatic carbocycles. The van der Waals surface area contributed by atoms with Gasteiger partial charge in [-0.15, -0.1) is 0 Å². The van der Waals surface area contributed by atoms with Gasteiger partial charge in [-0.1, -0.05) is 18.2 Å². The number of hydrogen-bond donors (Lipinski definition) is 2. The summed E-state index contributed by atoms with van der Waals surface area (Å²) in [6.07, 6.45) is 0.0136. The molecule has 5 nitrogen and oxygen atoms in total. The predicted molar refractivity (Wildman–Crippen MR) is 88.9 cm³/mol. The predicted octanol–water partition coefficient (Wildman–Crippen LogP) is 2.79. The highest BCUT2D eigenvalue weighted by Crippen LogP contribution is 2.29. The monoisotopic (exact) mass is 366 g/mol. The molecule has 0 radical (unpaired) electrons. The molecular weight excluding hydrogens is 349 g/mol. The van der Waals surface area contributed by atoms with Crippen LogP contribution in [-0.4, -0.2) is 24.9 Å². The van der Waals surface area contributed by atoms with E-state index in [0.29, 0.717) is 11.3 Å². The molecule has 0 aliphatic rings. The zero-order chi connectivity index (χ0) is 19.0. The molecule has 26 heavy (non-hydrogen) atoms. The normalized spacial score (nSPS) is 11.5. The molecule has 0 atom stereocenters. The fourth-order valence-corrected chi connectivity index (χ4v) is 2.08.